The van der Waals surface area contributed by atoms with Crippen molar-refractivity contribution in [3.8, 4) is 0 Å². The van der Waals surface area contributed by atoms with Gasteiger partial charge in [-0.1, -0.05) is 37.8 Å². The van der Waals surface area contributed by atoms with E-state index in [-0.39, 0.29) is 11.2 Å². The highest BCUT2D eigenvalue weighted by molar-refractivity contribution is 8.22. The number of allylic oxidation sites excluding steroid dienone is 2. The van der Waals surface area contributed by atoms with Gasteiger partial charge in [-0.25, -0.2) is 0 Å². The van der Waals surface area contributed by atoms with Crippen molar-refractivity contribution in [1.29, 1.82) is 0 Å². The molecule has 0 fully saturated rings. The molecule has 0 unspecified atom stereocenters. The summed E-state index contributed by atoms with van der Waals surface area (Å²) >= 11 is 6.45. The minimum Gasteiger partial charge on any atom is -0.304 e. The molecule has 0 spiro atoms. The summed E-state index contributed by atoms with van der Waals surface area (Å²) < 4.78 is 0.673. The summed E-state index contributed by atoms with van der Waals surface area (Å²) in [6.45, 7) is 4.18. The maximum absolute atomic E-state index is 11.4. The molecule has 1 aliphatic rings. The molecule has 1 aliphatic carbocycles. The third kappa shape index (κ3) is 4.22. The van der Waals surface area contributed by atoms with Crippen LogP contribution in [-0.2, 0) is 4.79 Å². The fraction of sp³-hybridized carbons (Fsp3) is 0.600. The zero-order chi connectivity index (χ0) is 11.5. The minimum atomic E-state index is 0.0385. The van der Waals surface area contributed by atoms with Gasteiger partial charge in [-0.2, -0.15) is 0 Å². The van der Waals surface area contributed by atoms with Crippen LogP contribution in [-0.4, -0.2) is 16.4 Å². The van der Waals surface area contributed by atoms with Crippen molar-refractivity contribution in [3.63, 3.8) is 0 Å². The standard InChI is InChI=1S/C10H16N2OS2/c1-10(2)5-7(4-8(13)6-10)11-12-9(14)15-3/h4,11H,5-6H2,1-3H3,(H,12,14). The summed E-state index contributed by atoms with van der Waals surface area (Å²) in [6.07, 6.45) is 5.04. The number of hydrogen-bond acceptors (Lipinski definition) is 4. The molecule has 5 heteroatoms. The van der Waals surface area contributed by atoms with Gasteiger partial charge in [0.2, 0.25) is 0 Å². The van der Waals surface area contributed by atoms with E-state index in [9.17, 15) is 4.79 Å². The normalized spacial score (nSPS) is 19.4. The van der Waals surface area contributed by atoms with Crippen LogP contribution in [0.5, 0.6) is 0 Å². The van der Waals surface area contributed by atoms with Crippen molar-refractivity contribution in [3.05, 3.63) is 11.8 Å². The van der Waals surface area contributed by atoms with Crippen LogP contribution in [0.4, 0.5) is 0 Å². The molecule has 0 atom stereocenters. The third-order valence-corrected chi connectivity index (χ3v) is 3.24. The Balaban J connectivity index is 2.55. The van der Waals surface area contributed by atoms with Crippen molar-refractivity contribution >= 4 is 34.1 Å². The van der Waals surface area contributed by atoms with E-state index >= 15 is 0 Å². The van der Waals surface area contributed by atoms with E-state index in [0.29, 0.717) is 10.7 Å². The number of hydrogen-bond donors (Lipinski definition) is 2. The fourth-order valence-corrected chi connectivity index (χ4v) is 1.81. The largest absolute Gasteiger partial charge is 0.304 e. The molecule has 0 aromatic heterocycles. The lowest BCUT2D eigenvalue weighted by atomic mass is 9.79. The van der Waals surface area contributed by atoms with Crippen molar-refractivity contribution in [2.24, 2.45) is 5.41 Å². The number of rotatable bonds is 2. The minimum absolute atomic E-state index is 0.0385. The highest BCUT2D eigenvalue weighted by atomic mass is 32.2. The van der Waals surface area contributed by atoms with Gasteiger partial charge >= 0.3 is 0 Å². The predicted molar refractivity (Wildman–Crippen MR) is 68.5 cm³/mol. The molecule has 15 heavy (non-hydrogen) atoms. The quantitative estimate of drug-likeness (QED) is 0.574. The molecule has 0 heterocycles. The van der Waals surface area contributed by atoms with Gasteiger partial charge in [0, 0.05) is 18.2 Å². The van der Waals surface area contributed by atoms with Gasteiger partial charge in [-0.15, -0.1) is 0 Å². The van der Waals surface area contributed by atoms with Gasteiger partial charge in [-0.05, 0) is 18.1 Å². The molecule has 0 amide bonds. The molecule has 0 saturated heterocycles. The Hall–Kier alpha value is -0.550. The summed E-state index contributed by atoms with van der Waals surface area (Å²) in [5.41, 5.74) is 6.82. The molecule has 84 valence electrons. The zero-order valence-corrected chi connectivity index (χ0v) is 10.8. The van der Waals surface area contributed by atoms with Gasteiger partial charge in [0.05, 0.1) is 0 Å². The molecular weight excluding hydrogens is 228 g/mol. The van der Waals surface area contributed by atoms with Crippen LogP contribution < -0.4 is 10.9 Å². The lowest BCUT2D eigenvalue weighted by Gasteiger charge is -2.29. The van der Waals surface area contributed by atoms with E-state index in [1.165, 1.54) is 11.8 Å². The van der Waals surface area contributed by atoms with E-state index in [0.717, 1.165) is 12.1 Å². The Morgan fingerprint density at radius 1 is 1.53 bits per heavy atom. The van der Waals surface area contributed by atoms with Crippen LogP contribution in [0.15, 0.2) is 11.8 Å². The summed E-state index contributed by atoms with van der Waals surface area (Å²) in [5.74, 6) is 0.172. The Labute approximate surface area is 100 Å². The molecule has 0 aliphatic heterocycles. The second kappa shape index (κ2) is 4.99. The van der Waals surface area contributed by atoms with Crippen LogP contribution in [0.2, 0.25) is 0 Å². The summed E-state index contributed by atoms with van der Waals surface area (Å²) in [4.78, 5) is 11.4. The molecular formula is C10H16N2OS2. The molecule has 0 radical (unpaired) electrons. The second-order valence-electron chi connectivity index (χ2n) is 4.40. The number of carbonyl (C=O) groups excluding carboxylic acids is 1. The van der Waals surface area contributed by atoms with Crippen molar-refractivity contribution in [2.45, 2.75) is 26.7 Å². The lowest BCUT2D eigenvalue weighted by molar-refractivity contribution is -0.117. The number of hydrazine groups is 1. The van der Waals surface area contributed by atoms with Crippen molar-refractivity contribution in [1.82, 2.24) is 10.9 Å². The maximum atomic E-state index is 11.4. The molecule has 0 saturated carbocycles. The van der Waals surface area contributed by atoms with Crippen LogP contribution >= 0.6 is 24.0 Å². The van der Waals surface area contributed by atoms with Gasteiger partial charge in [0.25, 0.3) is 0 Å². The van der Waals surface area contributed by atoms with Gasteiger partial charge in [-0.3, -0.25) is 10.2 Å². The van der Waals surface area contributed by atoms with Crippen molar-refractivity contribution < 1.29 is 4.79 Å². The molecule has 1 rings (SSSR count). The number of carbonyl (C=O) groups is 1. The second-order valence-corrected chi connectivity index (χ2v) is 5.88. The Kier molecular flexibility index (Phi) is 4.16. The lowest BCUT2D eigenvalue weighted by Crippen LogP contribution is -2.37. The van der Waals surface area contributed by atoms with E-state index in [1.807, 2.05) is 6.26 Å². The fourth-order valence-electron chi connectivity index (χ4n) is 1.61. The van der Waals surface area contributed by atoms with Crippen LogP contribution in [0.3, 0.4) is 0 Å². The molecule has 0 aromatic rings. The summed E-state index contributed by atoms with van der Waals surface area (Å²) in [6, 6.07) is 0. The van der Waals surface area contributed by atoms with E-state index in [1.54, 1.807) is 6.08 Å². The van der Waals surface area contributed by atoms with Crippen LogP contribution in [0, 0.1) is 5.41 Å². The topological polar surface area (TPSA) is 41.1 Å². The number of thiocarbonyl (C=S) groups is 1. The summed E-state index contributed by atoms with van der Waals surface area (Å²) in [7, 11) is 0. The predicted octanol–water partition coefficient (Wildman–Crippen LogP) is 2.00. The highest BCUT2D eigenvalue weighted by Crippen LogP contribution is 2.32. The van der Waals surface area contributed by atoms with Gasteiger partial charge in [0.15, 0.2) is 10.1 Å². The van der Waals surface area contributed by atoms with E-state index < -0.39 is 0 Å². The average Bonchev–Trinajstić information content (AvgIpc) is 2.11. The number of thioether (sulfide) groups is 1. The molecule has 2 N–H and O–H groups in total. The monoisotopic (exact) mass is 244 g/mol. The molecule has 0 bridgehead atoms. The summed E-state index contributed by atoms with van der Waals surface area (Å²) in [5, 5.41) is 0. The highest BCUT2D eigenvalue weighted by Gasteiger charge is 2.27. The van der Waals surface area contributed by atoms with Crippen LogP contribution in [0.1, 0.15) is 26.7 Å². The first kappa shape index (κ1) is 12.5. The van der Waals surface area contributed by atoms with E-state index in [4.69, 9.17) is 12.2 Å². The SMILES string of the molecule is CSC(=S)NNC1=CC(=O)CC(C)(C)C1. The van der Waals surface area contributed by atoms with Crippen LogP contribution in [0.25, 0.3) is 0 Å². The first-order valence-corrected chi connectivity index (χ1v) is 6.40. The van der Waals surface area contributed by atoms with Crippen molar-refractivity contribution in [2.75, 3.05) is 6.26 Å². The molecule has 3 nitrogen and oxygen atoms in total. The maximum Gasteiger partial charge on any atom is 0.158 e. The van der Waals surface area contributed by atoms with Gasteiger partial charge < -0.3 is 5.43 Å². The van der Waals surface area contributed by atoms with Gasteiger partial charge in [0.1, 0.15) is 0 Å². The Morgan fingerprint density at radius 3 is 2.73 bits per heavy atom. The third-order valence-electron chi connectivity index (χ3n) is 2.17. The number of nitrogens with one attached hydrogen (secondary N) is 2. The Morgan fingerprint density at radius 2 is 2.20 bits per heavy atom. The first-order valence-electron chi connectivity index (χ1n) is 4.76. The Bertz CT molecular complexity index is 311. The zero-order valence-electron chi connectivity index (χ0n) is 9.22. The number of ketones is 1. The average molecular weight is 244 g/mol. The first-order chi connectivity index (χ1) is 6.93. The smallest absolute Gasteiger partial charge is 0.158 e. The molecule has 0 aromatic carbocycles. The van der Waals surface area contributed by atoms with E-state index in [2.05, 4.69) is 24.7 Å².